The lowest BCUT2D eigenvalue weighted by Crippen LogP contribution is -2.44. The fourth-order valence-corrected chi connectivity index (χ4v) is 4.66. The second-order valence-corrected chi connectivity index (χ2v) is 13.0. The average molecular weight is 634 g/mol. The SMILES string of the molecule is Cc1ccc(-c2ncnc(Nc3ccc4c(N(C(=O)OC(C)(C)C)C(=O)OC(C)(C)C)nccc4c3)c2OCc2ccccc2)cc1. The first-order valence-corrected chi connectivity index (χ1v) is 15.3. The molecule has 5 aromatic rings. The van der Waals surface area contributed by atoms with Crippen molar-refractivity contribution in [2.24, 2.45) is 0 Å². The number of rotatable bonds is 7. The van der Waals surface area contributed by atoms with Gasteiger partial charge in [0.15, 0.2) is 17.4 Å². The number of benzene rings is 3. The van der Waals surface area contributed by atoms with Crippen molar-refractivity contribution in [1.82, 2.24) is 15.0 Å². The van der Waals surface area contributed by atoms with E-state index < -0.39 is 23.4 Å². The lowest BCUT2D eigenvalue weighted by Gasteiger charge is -2.28. The Labute approximate surface area is 274 Å². The van der Waals surface area contributed by atoms with Gasteiger partial charge in [0.25, 0.3) is 0 Å². The average Bonchev–Trinajstić information content (AvgIpc) is 2.99. The molecule has 5 rings (SSSR count). The van der Waals surface area contributed by atoms with E-state index in [-0.39, 0.29) is 5.82 Å². The molecule has 0 atom stereocenters. The summed E-state index contributed by atoms with van der Waals surface area (Å²) in [6.07, 6.45) is 1.24. The lowest BCUT2D eigenvalue weighted by molar-refractivity contribution is 0.0429. The van der Waals surface area contributed by atoms with Crippen LogP contribution in [0.3, 0.4) is 0 Å². The highest BCUT2D eigenvalue weighted by Gasteiger charge is 2.34. The zero-order chi connectivity index (χ0) is 33.8. The maximum atomic E-state index is 13.3. The van der Waals surface area contributed by atoms with Gasteiger partial charge in [0.05, 0.1) is 0 Å². The predicted molar refractivity (Wildman–Crippen MR) is 183 cm³/mol. The number of carbonyl (C=O) groups is 2. The van der Waals surface area contributed by atoms with Gasteiger partial charge in [-0.25, -0.2) is 24.5 Å². The fraction of sp³-hybridized carbons (Fsp3) is 0.270. The van der Waals surface area contributed by atoms with E-state index in [1.165, 1.54) is 12.5 Å². The summed E-state index contributed by atoms with van der Waals surface area (Å²) < 4.78 is 17.5. The molecule has 2 aromatic heterocycles. The first-order chi connectivity index (χ1) is 22.3. The molecule has 0 spiro atoms. The Morgan fingerprint density at radius 3 is 2.09 bits per heavy atom. The van der Waals surface area contributed by atoms with Crippen LogP contribution in [0.1, 0.15) is 52.7 Å². The Kier molecular flexibility index (Phi) is 9.41. The molecule has 0 radical (unpaired) electrons. The van der Waals surface area contributed by atoms with Gasteiger partial charge in [-0.3, -0.25) is 0 Å². The summed E-state index contributed by atoms with van der Waals surface area (Å²) in [5.74, 6) is 1.06. The molecule has 2 amide bonds. The van der Waals surface area contributed by atoms with E-state index in [0.29, 0.717) is 40.3 Å². The molecule has 10 nitrogen and oxygen atoms in total. The van der Waals surface area contributed by atoms with Gasteiger partial charge in [-0.05, 0) is 83.7 Å². The van der Waals surface area contributed by atoms with Crippen molar-refractivity contribution >= 4 is 40.3 Å². The molecule has 0 aliphatic heterocycles. The number of anilines is 3. The number of aryl methyl sites for hydroxylation is 1. The van der Waals surface area contributed by atoms with Crippen LogP contribution in [0.4, 0.5) is 26.9 Å². The van der Waals surface area contributed by atoms with Gasteiger partial charge in [0, 0.05) is 22.8 Å². The highest BCUT2D eigenvalue weighted by Crippen LogP contribution is 2.37. The molecule has 2 heterocycles. The predicted octanol–water partition coefficient (Wildman–Crippen LogP) is 9.00. The molecule has 3 aromatic carbocycles. The summed E-state index contributed by atoms with van der Waals surface area (Å²) in [4.78, 5) is 41.0. The van der Waals surface area contributed by atoms with Gasteiger partial charge >= 0.3 is 12.2 Å². The van der Waals surface area contributed by atoms with E-state index in [9.17, 15) is 9.59 Å². The maximum absolute atomic E-state index is 13.3. The number of pyridine rings is 1. The normalized spacial score (nSPS) is 11.6. The standard InChI is InChI=1S/C37H39N5O5/c1-24-13-15-26(16-14-24)30-31(45-22-25-11-9-8-10-12-25)32(40-23-39-30)41-28-17-18-29-27(21-28)19-20-38-33(29)42(34(43)46-36(2,3)4)35(44)47-37(5,6)7/h8-21,23H,22H2,1-7H3,(H,39,40,41). The summed E-state index contributed by atoms with van der Waals surface area (Å²) in [5.41, 5.74) is 2.66. The molecule has 242 valence electrons. The molecule has 0 saturated heterocycles. The van der Waals surface area contributed by atoms with E-state index in [0.717, 1.165) is 21.6 Å². The minimum Gasteiger partial charge on any atom is -0.483 e. The quantitative estimate of drug-likeness (QED) is 0.187. The van der Waals surface area contributed by atoms with Crippen molar-refractivity contribution in [3.63, 3.8) is 0 Å². The molecule has 0 saturated carbocycles. The van der Waals surface area contributed by atoms with E-state index in [2.05, 4.69) is 20.3 Å². The van der Waals surface area contributed by atoms with Crippen LogP contribution in [-0.2, 0) is 16.1 Å². The number of aromatic nitrogens is 3. The van der Waals surface area contributed by atoms with Crippen molar-refractivity contribution in [1.29, 1.82) is 0 Å². The largest absolute Gasteiger partial charge is 0.483 e. The first kappa shape index (κ1) is 32.9. The Bertz CT molecular complexity index is 1850. The molecule has 10 heteroatoms. The fourth-order valence-electron chi connectivity index (χ4n) is 4.66. The zero-order valence-electron chi connectivity index (χ0n) is 27.7. The zero-order valence-corrected chi connectivity index (χ0v) is 27.7. The number of nitrogens with zero attached hydrogens (tertiary/aromatic N) is 4. The van der Waals surface area contributed by atoms with Crippen molar-refractivity contribution in [2.75, 3.05) is 10.2 Å². The number of hydrogen-bond donors (Lipinski definition) is 1. The number of fused-ring (bicyclic) bond motifs is 1. The third-order valence-corrected chi connectivity index (χ3v) is 6.72. The third-order valence-electron chi connectivity index (χ3n) is 6.72. The number of hydrogen-bond acceptors (Lipinski definition) is 9. The maximum Gasteiger partial charge on any atom is 0.425 e. The molecule has 0 fully saturated rings. The summed E-state index contributed by atoms with van der Waals surface area (Å²) in [6.45, 7) is 12.7. The molecule has 47 heavy (non-hydrogen) atoms. The van der Waals surface area contributed by atoms with E-state index in [1.54, 1.807) is 53.7 Å². The van der Waals surface area contributed by atoms with Crippen LogP contribution in [0.25, 0.3) is 22.0 Å². The van der Waals surface area contributed by atoms with Crippen LogP contribution < -0.4 is 15.0 Å². The minimum atomic E-state index is -0.890. The van der Waals surface area contributed by atoms with Crippen LogP contribution in [0.15, 0.2) is 91.4 Å². The Morgan fingerprint density at radius 1 is 0.787 bits per heavy atom. The highest BCUT2D eigenvalue weighted by molar-refractivity contribution is 6.14. The Balaban J connectivity index is 1.52. The molecule has 0 aliphatic carbocycles. The smallest absolute Gasteiger partial charge is 0.425 e. The van der Waals surface area contributed by atoms with Crippen molar-refractivity contribution in [2.45, 2.75) is 66.3 Å². The summed E-state index contributed by atoms with van der Waals surface area (Å²) >= 11 is 0. The van der Waals surface area contributed by atoms with E-state index in [4.69, 9.17) is 14.2 Å². The van der Waals surface area contributed by atoms with Gasteiger partial charge in [-0.2, -0.15) is 4.90 Å². The van der Waals surface area contributed by atoms with Crippen LogP contribution in [0, 0.1) is 6.92 Å². The van der Waals surface area contributed by atoms with Gasteiger partial charge < -0.3 is 19.5 Å². The first-order valence-electron chi connectivity index (χ1n) is 15.3. The number of ether oxygens (including phenoxy) is 3. The number of imide groups is 1. The summed E-state index contributed by atoms with van der Waals surface area (Å²) in [7, 11) is 0. The van der Waals surface area contributed by atoms with Gasteiger partial charge in [-0.15, -0.1) is 0 Å². The van der Waals surface area contributed by atoms with Crippen molar-refractivity contribution < 1.29 is 23.8 Å². The van der Waals surface area contributed by atoms with Gasteiger partial charge in [0.2, 0.25) is 0 Å². The topological polar surface area (TPSA) is 116 Å². The molecular weight excluding hydrogens is 594 g/mol. The van der Waals surface area contributed by atoms with E-state index >= 15 is 0 Å². The second kappa shape index (κ2) is 13.5. The molecule has 0 unspecified atom stereocenters. The number of amides is 2. The monoisotopic (exact) mass is 633 g/mol. The molecule has 0 aliphatic rings. The van der Waals surface area contributed by atoms with Crippen molar-refractivity contribution in [3.8, 4) is 17.0 Å². The van der Waals surface area contributed by atoms with Crippen LogP contribution in [0.2, 0.25) is 0 Å². The van der Waals surface area contributed by atoms with E-state index in [1.807, 2.05) is 73.7 Å². The number of nitrogens with one attached hydrogen (secondary N) is 1. The Hall–Kier alpha value is -5.51. The summed E-state index contributed by atoms with van der Waals surface area (Å²) in [5, 5.41) is 4.63. The second-order valence-electron chi connectivity index (χ2n) is 13.0. The molecule has 1 N–H and O–H groups in total. The highest BCUT2D eigenvalue weighted by atomic mass is 16.6. The van der Waals surface area contributed by atoms with Crippen LogP contribution in [0.5, 0.6) is 5.75 Å². The summed E-state index contributed by atoms with van der Waals surface area (Å²) in [6, 6.07) is 25.2. The molecular formula is C37H39N5O5. The lowest BCUT2D eigenvalue weighted by atomic mass is 10.1. The molecule has 0 bridgehead atoms. The van der Waals surface area contributed by atoms with Gasteiger partial charge in [0.1, 0.15) is 29.8 Å². The Morgan fingerprint density at radius 2 is 1.45 bits per heavy atom. The third kappa shape index (κ3) is 8.40. The van der Waals surface area contributed by atoms with Gasteiger partial charge in [-0.1, -0.05) is 60.2 Å². The van der Waals surface area contributed by atoms with Crippen LogP contribution >= 0.6 is 0 Å². The minimum absolute atomic E-state index is 0.0909. The number of carbonyl (C=O) groups excluding carboxylic acids is 2. The van der Waals surface area contributed by atoms with Crippen molar-refractivity contribution in [3.05, 3.63) is 103 Å². The van der Waals surface area contributed by atoms with Crippen LogP contribution in [-0.4, -0.2) is 38.3 Å².